The van der Waals surface area contributed by atoms with Crippen molar-refractivity contribution in [1.82, 2.24) is 14.9 Å². The van der Waals surface area contributed by atoms with Gasteiger partial charge in [-0.25, -0.2) is 4.98 Å². The number of benzene rings is 2. The number of aromatic hydroxyl groups is 1. The van der Waals surface area contributed by atoms with Gasteiger partial charge in [0.2, 0.25) is 5.43 Å². The van der Waals surface area contributed by atoms with E-state index in [0.717, 1.165) is 36.1 Å². The number of H-pyrrole nitrogens is 1. The highest BCUT2D eigenvalue weighted by Gasteiger charge is 2.23. The summed E-state index contributed by atoms with van der Waals surface area (Å²) in [6.45, 7) is 6.79. The summed E-state index contributed by atoms with van der Waals surface area (Å²) in [5.41, 5.74) is 3.88. The Morgan fingerprint density at radius 3 is 2.94 bits per heavy atom. The number of aromatic amines is 1. The Labute approximate surface area is 180 Å². The predicted molar refractivity (Wildman–Crippen MR) is 122 cm³/mol. The number of likely N-dealkylation sites (tertiary alicyclic amines) is 1. The molecule has 1 atom stereocenters. The smallest absolute Gasteiger partial charge is 0.203 e. The van der Waals surface area contributed by atoms with E-state index < -0.39 is 0 Å². The van der Waals surface area contributed by atoms with Gasteiger partial charge in [0.25, 0.3) is 0 Å². The molecule has 0 bridgehead atoms. The molecule has 6 heteroatoms. The van der Waals surface area contributed by atoms with Crippen molar-refractivity contribution < 1.29 is 9.52 Å². The maximum absolute atomic E-state index is 13.5. The van der Waals surface area contributed by atoms with Crippen LogP contribution in [-0.4, -0.2) is 33.1 Å². The lowest BCUT2D eigenvalue weighted by atomic mass is 9.97. The van der Waals surface area contributed by atoms with E-state index in [1.54, 1.807) is 6.07 Å². The molecule has 4 aromatic rings. The standard InChI is InChI=1S/C25H27N3O3/c1-3-16-11-17-23(30)19(25-26-20-8-4-5-9-21(20)27-25)14-31-24(17)18(22(16)29)13-28-10-6-7-15(2)12-28/h4-5,8-9,11,14-15,29H,3,6-7,10,12-13H2,1-2H3,(H,26,27)/t15-/m1/s1. The third-order valence-corrected chi connectivity index (χ3v) is 6.36. The first-order valence-corrected chi connectivity index (χ1v) is 11.0. The van der Waals surface area contributed by atoms with Crippen LogP contribution in [0, 0.1) is 5.92 Å². The summed E-state index contributed by atoms with van der Waals surface area (Å²) >= 11 is 0. The molecule has 6 nitrogen and oxygen atoms in total. The van der Waals surface area contributed by atoms with Gasteiger partial charge >= 0.3 is 0 Å². The fourth-order valence-electron chi connectivity index (χ4n) is 4.71. The van der Waals surface area contributed by atoms with E-state index in [1.165, 1.54) is 12.7 Å². The van der Waals surface area contributed by atoms with E-state index >= 15 is 0 Å². The molecule has 1 aliphatic rings. The number of aryl methyl sites for hydroxylation is 1. The van der Waals surface area contributed by atoms with Gasteiger partial charge < -0.3 is 14.5 Å². The second kappa shape index (κ2) is 7.85. The molecule has 0 amide bonds. The van der Waals surface area contributed by atoms with Crippen LogP contribution in [-0.2, 0) is 13.0 Å². The summed E-state index contributed by atoms with van der Waals surface area (Å²) in [7, 11) is 0. The summed E-state index contributed by atoms with van der Waals surface area (Å²) in [6, 6.07) is 9.45. The Bertz CT molecular complexity index is 1290. The third kappa shape index (κ3) is 3.51. The molecule has 1 fully saturated rings. The van der Waals surface area contributed by atoms with Crippen LogP contribution in [0.5, 0.6) is 5.75 Å². The fourth-order valence-corrected chi connectivity index (χ4v) is 4.71. The van der Waals surface area contributed by atoms with E-state index in [4.69, 9.17) is 4.42 Å². The highest BCUT2D eigenvalue weighted by atomic mass is 16.3. The van der Waals surface area contributed by atoms with E-state index in [1.807, 2.05) is 31.2 Å². The summed E-state index contributed by atoms with van der Waals surface area (Å²) in [5, 5.41) is 11.4. The number of piperidine rings is 1. The van der Waals surface area contributed by atoms with Crippen molar-refractivity contribution in [2.45, 2.75) is 39.7 Å². The van der Waals surface area contributed by atoms with E-state index in [2.05, 4.69) is 21.8 Å². The lowest BCUT2D eigenvalue weighted by Crippen LogP contribution is -2.33. The number of aromatic nitrogens is 2. The third-order valence-electron chi connectivity index (χ3n) is 6.36. The summed E-state index contributed by atoms with van der Waals surface area (Å²) in [5.74, 6) is 1.37. The van der Waals surface area contributed by atoms with Crippen LogP contribution in [0.2, 0.25) is 0 Å². The molecule has 31 heavy (non-hydrogen) atoms. The Hall–Kier alpha value is -3.12. The molecular formula is C25H27N3O3. The molecule has 2 N–H and O–H groups in total. The molecule has 0 spiro atoms. The van der Waals surface area contributed by atoms with Crippen molar-refractivity contribution in [2.24, 2.45) is 5.92 Å². The largest absolute Gasteiger partial charge is 0.507 e. The van der Waals surface area contributed by atoms with Gasteiger partial charge in [-0.2, -0.15) is 0 Å². The zero-order chi connectivity index (χ0) is 21.5. The Morgan fingerprint density at radius 1 is 1.32 bits per heavy atom. The lowest BCUT2D eigenvalue weighted by Gasteiger charge is -2.31. The summed E-state index contributed by atoms with van der Waals surface area (Å²) in [4.78, 5) is 23.6. The Morgan fingerprint density at radius 2 is 2.16 bits per heavy atom. The number of phenolic OH excluding ortho intramolecular Hbond substituents is 1. The number of imidazole rings is 1. The van der Waals surface area contributed by atoms with Crippen LogP contribution in [0.25, 0.3) is 33.4 Å². The quantitative estimate of drug-likeness (QED) is 0.497. The average Bonchev–Trinajstić information content (AvgIpc) is 3.20. The van der Waals surface area contributed by atoms with Crippen molar-refractivity contribution in [2.75, 3.05) is 13.1 Å². The minimum absolute atomic E-state index is 0.136. The zero-order valence-electron chi connectivity index (χ0n) is 17.9. The van der Waals surface area contributed by atoms with Gasteiger partial charge in [-0.1, -0.05) is 26.0 Å². The van der Waals surface area contributed by atoms with Crippen LogP contribution in [0.15, 0.2) is 45.8 Å². The molecule has 0 unspecified atom stereocenters. The predicted octanol–water partition coefficient (Wildman–Crippen LogP) is 4.84. The van der Waals surface area contributed by atoms with Gasteiger partial charge in [0.1, 0.15) is 29.0 Å². The van der Waals surface area contributed by atoms with E-state index in [0.29, 0.717) is 46.8 Å². The zero-order valence-corrected chi connectivity index (χ0v) is 17.9. The number of para-hydroxylation sites is 2. The van der Waals surface area contributed by atoms with Crippen LogP contribution >= 0.6 is 0 Å². The highest BCUT2D eigenvalue weighted by molar-refractivity contribution is 5.87. The van der Waals surface area contributed by atoms with Crippen molar-refractivity contribution in [3.63, 3.8) is 0 Å². The Kier molecular flexibility index (Phi) is 5.02. The molecule has 1 saturated heterocycles. The van der Waals surface area contributed by atoms with Crippen LogP contribution < -0.4 is 5.43 Å². The van der Waals surface area contributed by atoms with Gasteiger partial charge in [-0.3, -0.25) is 9.69 Å². The van der Waals surface area contributed by atoms with Crippen molar-refractivity contribution in [1.29, 1.82) is 0 Å². The van der Waals surface area contributed by atoms with E-state index in [-0.39, 0.29) is 11.2 Å². The van der Waals surface area contributed by atoms with Gasteiger partial charge in [0.15, 0.2) is 0 Å². The highest BCUT2D eigenvalue weighted by Crippen LogP contribution is 2.34. The average molecular weight is 418 g/mol. The first-order valence-electron chi connectivity index (χ1n) is 11.0. The van der Waals surface area contributed by atoms with Gasteiger partial charge in [0, 0.05) is 13.1 Å². The number of hydrogen-bond acceptors (Lipinski definition) is 5. The molecule has 160 valence electrons. The van der Waals surface area contributed by atoms with Crippen molar-refractivity contribution in [3.8, 4) is 17.1 Å². The molecule has 2 aromatic carbocycles. The lowest BCUT2D eigenvalue weighted by molar-refractivity contribution is 0.175. The van der Waals surface area contributed by atoms with Crippen LogP contribution in [0.4, 0.5) is 0 Å². The fraction of sp³-hybridized carbons (Fsp3) is 0.360. The number of nitrogens with one attached hydrogen (secondary N) is 1. The molecule has 0 radical (unpaired) electrons. The molecule has 1 aliphatic heterocycles. The maximum atomic E-state index is 13.5. The maximum Gasteiger partial charge on any atom is 0.203 e. The number of phenols is 1. The molecule has 0 saturated carbocycles. The monoisotopic (exact) mass is 417 g/mol. The Balaban J connectivity index is 1.65. The number of fused-ring (bicyclic) bond motifs is 2. The second-order valence-electron chi connectivity index (χ2n) is 8.66. The first kappa shape index (κ1) is 19.8. The molecule has 5 rings (SSSR count). The molecule has 2 aromatic heterocycles. The topological polar surface area (TPSA) is 82.4 Å². The van der Waals surface area contributed by atoms with Gasteiger partial charge in [-0.15, -0.1) is 0 Å². The van der Waals surface area contributed by atoms with Crippen molar-refractivity contribution in [3.05, 3.63) is 57.9 Å². The second-order valence-corrected chi connectivity index (χ2v) is 8.66. The number of nitrogens with zero attached hydrogens (tertiary/aromatic N) is 2. The van der Waals surface area contributed by atoms with Crippen LogP contribution in [0.3, 0.4) is 0 Å². The minimum Gasteiger partial charge on any atom is -0.507 e. The summed E-state index contributed by atoms with van der Waals surface area (Å²) < 4.78 is 6.01. The normalized spacial score (nSPS) is 17.5. The summed E-state index contributed by atoms with van der Waals surface area (Å²) in [6.07, 6.45) is 4.48. The first-order chi connectivity index (χ1) is 15.0. The SMILES string of the molecule is CCc1cc2c(=O)c(-c3nc4ccccc4[nH]3)coc2c(CN2CCC[C@@H](C)C2)c1O. The molecule has 0 aliphatic carbocycles. The number of hydrogen-bond donors (Lipinski definition) is 2. The van der Waals surface area contributed by atoms with Gasteiger partial charge in [-0.05, 0) is 55.5 Å². The molecule has 3 heterocycles. The van der Waals surface area contributed by atoms with E-state index in [9.17, 15) is 9.90 Å². The van der Waals surface area contributed by atoms with Crippen molar-refractivity contribution >= 4 is 22.0 Å². The van der Waals surface area contributed by atoms with Crippen LogP contribution in [0.1, 0.15) is 37.8 Å². The molecular weight excluding hydrogens is 390 g/mol. The minimum atomic E-state index is -0.136. The number of rotatable bonds is 4. The van der Waals surface area contributed by atoms with Gasteiger partial charge in [0.05, 0.1) is 22.0 Å².